The highest BCUT2D eigenvalue weighted by molar-refractivity contribution is 7.07. The third-order valence-electron chi connectivity index (χ3n) is 6.33. The van der Waals surface area contributed by atoms with E-state index in [-0.39, 0.29) is 23.3 Å². The Balaban J connectivity index is 1.38. The molecule has 1 fully saturated rings. The number of likely N-dealkylation sites (tertiary alicyclic amines) is 1. The first-order valence-corrected chi connectivity index (χ1v) is 11.7. The van der Waals surface area contributed by atoms with Crippen LogP contribution in [0.15, 0.2) is 50.4 Å². The molecule has 0 spiro atoms. The highest BCUT2D eigenvalue weighted by atomic mass is 32.1. The summed E-state index contributed by atoms with van der Waals surface area (Å²) in [6, 6.07) is 8.87. The number of fused-ring (bicyclic) bond motifs is 4. The molecule has 0 aromatic carbocycles. The molecule has 3 aromatic heterocycles. The van der Waals surface area contributed by atoms with E-state index in [0.29, 0.717) is 13.0 Å². The normalized spacial score (nSPS) is 22.8. The van der Waals surface area contributed by atoms with E-state index >= 15 is 0 Å². The molecule has 5 rings (SSSR count). The van der Waals surface area contributed by atoms with Crippen molar-refractivity contribution >= 4 is 17.2 Å². The van der Waals surface area contributed by atoms with Gasteiger partial charge < -0.3 is 9.73 Å². The number of hydrogen-bond donors (Lipinski definition) is 1. The van der Waals surface area contributed by atoms with Crippen molar-refractivity contribution < 1.29 is 9.21 Å². The van der Waals surface area contributed by atoms with Crippen molar-refractivity contribution in [2.24, 2.45) is 5.92 Å². The lowest BCUT2D eigenvalue weighted by atomic mass is 9.78. The second-order valence-electron chi connectivity index (χ2n) is 8.52. The monoisotopic (exact) mass is 438 g/mol. The van der Waals surface area contributed by atoms with Gasteiger partial charge in [0.15, 0.2) is 0 Å². The zero-order valence-electron chi connectivity index (χ0n) is 17.5. The standard InChI is InChI=1S/C23H26N4O3S/c1-15-5-6-19(30-15)12-26-10-16-9-17(11-26)22(27-20(16)3-2-4-21(27)28)23(29)24-8-7-18-13-31-14-25-18/h2-6,13-14,16-17,22H,7-12H2,1H3,(H,24,29)/t16-,17+,22-/m1/s1. The summed E-state index contributed by atoms with van der Waals surface area (Å²) in [4.78, 5) is 32.7. The molecule has 1 amide bonds. The second-order valence-corrected chi connectivity index (χ2v) is 9.24. The Morgan fingerprint density at radius 3 is 2.97 bits per heavy atom. The van der Waals surface area contributed by atoms with E-state index in [2.05, 4.69) is 15.2 Å². The van der Waals surface area contributed by atoms with Crippen LogP contribution in [-0.2, 0) is 17.8 Å². The molecule has 0 radical (unpaired) electrons. The van der Waals surface area contributed by atoms with Crippen molar-refractivity contribution in [3.8, 4) is 0 Å². The number of hydrogen-bond acceptors (Lipinski definition) is 6. The minimum Gasteiger partial charge on any atom is -0.465 e. The first kappa shape index (κ1) is 20.2. The summed E-state index contributed by atoms with van der Waals surface area (Å²) < 4.78 is 7.52. The summed E-state index contributed by atoms with van der Waals surface area (Å²) in [6.07, 6.45) is 1.61. The maximum atomic E-state index is 13.3. The summed E-state index contributed by atoms with van der Waals surface area (Å²) in [7, 11) is 0. The summed E-state index contributed by atoms with van der Waals surface area (Å²) in [6.45, 7) is 4.81. The smallest absolute Gasteiger partial charge is 0.251 e. The van der Waals surface area contributed by atoms with Crippen molar-refractivity contribution in [2.45, 2.75) is 38.3 Å². The summed E-state index contributed by atoms with van der Waals surface area (Å²) >= 11 is 1.55. The van der Waals surface area contributed by atoms with Gasteiger partial charge in [0.2, 0.25) is 5.91 Å². The van der Waals surface area contributed by atoms with E-state index in [0.717, 1.165) is 49.0 Å². The van der Waals surface area contributed by atoms with Crippen LogP contribution in [0.4, 0.5) is 0 Å². The Morgan fingerprint density at radius 2 is 2.19 bits per heavy atom. The van der Waals surface area contributed by atoms with Crippen LogP contribution in [0.2, 0.25) is 0 Å². The lowest BCUT2D eigenvalue weighted by molar-refractivity contribution is -0.127. The van der Waals surface area contributed by atoms with Crippen LogP contribution in [0.3, 0.4) is 0 Å². The van der Waals surface area contributed by atoms with Crippen LogP contribution in [-0.4, -0.2) is 40.0 Å². The first-order valence-electron chi connectivity index (χ1n) is 10.7. The fourth-order valence-corrected chi connectivity index (χ4v) is 5.66. The molecule has 162 valence electrons. The van der Waals surface area contributed by atoms with Gasteiger partial charge in [0.05, 0.1) is 17.7 Å². The topological polar surface area (TPSA) is 80.4 Å². The minimum absolute atomic E-state index is 0.0797. The molecule has 5 heterocycles. The van der Waals surface area contributed by atoms with Crippen LogP contribution < -0.4 is 10.9 Å². The molecule has 8 heteroatoms. The van der Waals surface area contributed by atoms with Crippen molar-refractivity contribution in [1.29, 1.82) is 0 Å². The molecular formula is C23H26N4O3S. The number of carbonyl (C=O) groups is 1. The van der Waals surface area contributed by atoms with Gasteiger partial charge in [-0.25, -0.2) is 4.98 Å². The van der Waals surface area contributed by atoms with Gasteiger partial charge in [0.1, 0.15) is 17.6 Å². The third kappa shape index (κ3) is 4.09. The molecule has 31 heavy (non-hydrogen) atoms. The maximum absolute atomic E-state index is 13.3. The second kappa shape index (κ2) is 8.43. The van der Waals surface area contributed by atoms with Gasteiger partial charge in [-0.2, -0.15) is 0 Å². The van der Waals surface area contributed by atoms with Crippen LogP contribution in [0, 0.1) is 12.8 Å². The number of thiazole rings is 1. The van der Waals surface area contributed by atoms with E-state index in [9.17, 15) is 9.59 Å². The molecule has 1 N–H and O–H groups in total. The number of nitrogens with zero attached hydrogens (tertiary/aromatic N) is 3. The van der Waals surface area contributed by atoms with Crippen molar-refractivity contribution in [2.75, 3.05) is 19.6 Å². The van der Waals surface area contributed by atoms with E-state index in [1.54, 1.807) is 33.5 Å². The van der Waals surface area contributed by atoms with Crippen LogP contribution in [0.5, 0.6) is 0 Å². The molecule has 0 unspecified atom stereocenters. The van der Waals surface area contributed by atoms with Gasteiger partial charge in [0.25, 0.3) is 5.56 Å². The lowest BCUT2D eigenvalue weighted by Crippen LogP contribution is -2.53. The zero-order chi connectivity index (χ0) is 21.4. The van der Waals surface area contributed by atoms with Gasteiger partial charge in [-0.3, -0.25) is 19.1 Å². The Labute approximate surface area is 184 Å². The molecule has 1 saturated heterocycles. The van der Waals surface area contributed by atoms with Gasteiger partial charge in [-0.05, 0) is 31.5 Å². The van der Waals surface area contributed by atoms with Crippen molar-refractivity contribution in [1.82, 2.24) is 19.8 Å². The highest BCUT2D eigenvalue weighted by Crippen LogP contribution is 2.41. The average Bonchev–Trinajstić information content (AvgIpc) is 3.40. The molecule has 2 bridgehead atoms. The molecular weight excluding hydrogens is 412 g/mol. The number of carbonyl (C=O) groups excluding carboxylic acids is 1. The predicted molar refractivity (Wildman–Crippen MR) is 118 cm³/mol. The summed E-state index contributed by atoms with van der Waals surface area (Å²) in [5.41, 5.74) is 3.64. The quantitative estimate of drug-likeness (QED) is 0.640. The molecule has 0 aliphatic carbocycles. The number of aryl methyl sites for hydroxylation is 1. The fraction of sp³-hybridized carbons (Fsp3) is 0.435. The lowest BCUT2D eigenvalue weighted by Gasteiger charge is -2.46. The van der Waals surface area contributed by atoms with Gasteiger partial charge in [-0.1, -0.05) is 6.07 Å². The van der Waals surface area contributed by atoms with E-state index in [1.807, 2.05) is 30.5 Å². The van der Waals surface area contributed by atoms with Crippen LogP contribution >= 0.6 is 11.3 Å². The van der Waals surface area contributed by atoms with Crippen LogP contribution in [0.1, 0.15) is 41.3 Å². The number of aromatic nitrogens is 2. The fourth-order valence-electron chi connectivity index (χ4n) is 5.06. The predicted octanol–water partition coefficient (Wildman–Crippen LogP) is 2.73. The molecule has 0 saturated carbocycles. The molecule has 2 aliphatic heterocycles. The number of pyridine rings is 1. The van der Waals surface area contributed by atoms with Gasteiger partial charge in [0, 0.05) is 55.0 Å². The zero-order valence-corrected chi connectivity index (χ0v) is 18.3. The first-order chi connectivity index (χ1) is 15.1. The van der Waals surface area contributed by atoms with E-state index in [1.165, 1.54) is 0 Å². The maximum Gasteiger partial charge on any atom is 0.251 e. The number of piperidine rings is 1. The van der Waals surface area contributed by atoms with Crippen LogP contribution in [0.25, 0.3) is 0 Å². The van der Waals surface area contributed by atoms with Crippen molar-refractivity contribution in [3.05, 3.63) is 74.5 Å². The summed E-state index contributed by atoms with van der Waals surface area (Å²) in [5.74, 6) is 2.09. The largest absolute Gasteiger partial charge is 0.465 e. The molecule has 3 atom stereocenters. The highest BCUT2D eigenvalue weighted by Gasteiger charge is 2.43. The number of rotatable bonds is 6. The van der Waals surface area contributed by atoms with Crippen molar-refractivity contribution in [3.63, 3.8) is 0 Å². The Morgan fingerprint density at radius 1 is 1.29 bits per heavy atom. The number of amides is 1. The SMILES string of the molecule is Cc1ccc(CN2C[C@H]3C[C@@H](C2)[C@H](C(=O)NCCc2cscn2)n2c3cccc2=O)o1. The van der Waals surface area contributed by atoms with Gasteiger partial charge >= 0.3 is 0 Å². The Hall–Kier alpha value is -2.71. The number of furan rings is 1. The Bertz CT molecular complexity index is 1120. The molecule has 2 aliphatic rings. The summed E-state index contributed by atoms with van der Waals surface area (Å²) in [5, 5.41) is 5.05. The van der Waals surface area contributed by atoms with E-state index in [4.69, 9.17) is 4.42 Å². The minimum atomic E-state index is -0.489. The van der Waals surface area contributed by atoms with E-state index < -0.39 is 6.04 Å². The van der Waals surface area contributed by atoms with Gasteiger partial charge in [-0.15, -0.1) is 11.3 Å². The Kier molecular flexibility index (Phi) is 5.50. The third-order valence-corrected chi connectivity index (χ3v) is 6.97. The molecule has 7 nitrogen and oxygen atoms in total. The molecule has 3 aromatic rings. The average molecular weight is 439 g/mol. The number of nitrogens with one attached hydrogen (secondary N) is 1.